The van der Waals surface area contributed by atoms with Gasteiger partial charge in [-0.3, -0.25) is 9.59 Å². The largest absolute Gasteiger partial charge is 0.285 e. The van der Waals surface area contributed by atoms with Crippen LogP contribution in [-0.2, 0) is 9.59 Å². The molecule has 0 bridgehead atoms. The molecular formula is C14H6O2. The maximum atomic E-state index is 11.2. The number of carbonyl (C=O) groups excluding carboxylic acids is 2. The minimum absolute atomic E-state index is 0.622. The van der Waals surface area contributed by atoms with E-state index >= 15 is 0 Å². The zero-order chi connectivity index (χ0) is 11.1. The van der Waals surface area contributed by atoms with E-state index in [0.717, 1.165) is 10.8 Å². The first kappa shape index (κ1) is 9.04. The van der Waals surface area contributed by atoms with Gasteiger partial charge in [-0.1, -0.05) is 24.3 Å². The lowest BCUT2D eigenvalue weighted by molar-refractivity contribution is -0.129. The van der Waals surface area contributed by atoms with Crippen LogP contribution in [0.4, 0.5) is 0 Å². The van der Waals surface area contributed by atoms with Gasteiger partial charge >= 0.3 is 0 Å². The van der Waals surface area contributed by atoms with Gasteiger partial charge in [0.05, 0.1) is 0 Å². The smallest absolute Gasteiger partial charge is 0.234 e. The molecule has 0 fully saturated rings. The van der Waals surface area contributed by atoms with Crippen LogP contribution >= 0.6 is 0 Å². The van der Waals surface area contributed by atoms with Crippen molar-refractivity contribution >= 4 is 34.5 Å². The van der Waals surface area contributed by atoms with E-state index in [2.05, 4.69) is 12.2 Å². The van der Waals surface area contributed by atoms with Gasteiger partial charge in [0.2, 0.25) is 11.6 Å². The molecule has 2 heteroatoms. The van der Waals surface area contributed by atoms with Crippen molar-refractivity contribution in [3.8, 4) is 0 Å². The van der Waals surface area contributed by atoms with E-state index < -0.39 is 11.6 Å². The van der Waals surface area contributed by atoms with E-state index in [0.29, 0.717) is 10.4 Å². The predicted molar refractivity (Wildman–Crippen MR) is 60.0 cm³/mol. The molecular weight excluding hydrogens is 200 g/mol. The molecule has 0 N–H and O–H groups in total. The summed E-state index contributed by atoms with van der Waals surface area (Å²) in [6.07, 6.45) is 5.10. The Hall–Kier alpha value is -2.22. The SMILES string of the molecule is O=C1[C]=c2cc3ccccc3cc2=[C]C1=O. The number of fused-ring (bicyclic) bond motifs is 2. The predicted octanol–water partition coefficient (Wildman–Crippen LogP) is 0.307. The molecule has 0 heterocycles. The van der Waals surface area contributed by atoms with Crippen molar-refractivity contribution in [2.24, 2.45) is 0 Å². The Morgan fingerprint density at radius 3 is 1.62 bits per heavy atom. The third-order valence-electron chi connectivity index (χ3n) is 2.59. The van der Waals surface area contributed by atoms with E-state index in [4.69, 9.17) is 0 Å². The lowest BCUT2D eigenvalue weighted by atomic mass is 10.0. The first-order valence-corrected chi connectivity index (χ1v) is 4.89. The van der Waals surface area contributed by atoms with Gasteiger partial charge < -0.3 is 0 Å². The Balaban J connectivity index is 2.50. The van der Waals surface area contributed by atoms with Crippen molar-refractivity contribution in [3.63, 3.8) is 0 Å². The van der Waals surface area contributed by atoms with Crippen molar-refractivity contribution in [1.29, 1.82) is 0 Å². The number of rotatable bonds is 0. The molecule has 2 radical (unpaired) electrons. The summed E-state index contributed by atoms with van der Waals surface area (Å²) in [6.45, 7) is 0. The number of hydrogen-bond donors (Lipinski definition) is 0. The lowest BCUT2D eigenvalue weighted by Crippen LogP contribution is -2.33. The summed E-state index contributed by atoms with van der Waals surface area (Å²) in [5, 5.41) is 3.34. The Morgan fingerprint density at radius 2 is 1.19 bits per heavy atom. The molecule has 0 amide bonds. The van der Waals surface area contributed by atoms with Crippen LogP contribution in [0.2, 0.25) is 0 Å². The lowest BCUT2D eigenvalue weighted by Gasteiger charge is -2.00. The highest BCUT2D eigenvalue weighted by atomic mass is 16.2. The van der Waals surface area contributed by atoms with Crippen LogP contribution < -0.4 is 10.4 Å². The summed E-state index contributed by atoms with van der Waals surface area (Å²) >= 11 is 0. The van der Waals surface area contributed by atoms with E-state index in [1.54, 1.807) is 0 Å². The molecule has 0 aromatic heterocycles. The molecule has 2 aromatic carbocycles. The third-order valence-corrected chi connectivity index (χ3v) is 2.59. The fourth-order valence-electron chi connectivity index (χ4n) is 1.81. The van der Waals surface area contributed by atoms with Gasteiger partial charge in [0.1, 0.15) is 0 Å². The maximum Gasteiger partial charge on any atom is 0.234 e. The molecule has 2 nitrogen and oxygen atoms in total. The summed E-state index contributed by atoms with van der Waals surface area (Å²) < 4.78 is 0. The van der Waals surface area contributed by atoms with Gasteiger partial charge in [-0.2, -0.15) is 0 Å². The maximum absolute atomic E-state index is 11.2. The van der Waals surface area contributed by atoms with Crippen LogP contribution in [0.3, 0.4) is 0 Å². The topological polar surface area (TPSA) is 34.1 Å². The van der Waals surface area contributed by atoms with Crippen LogP contribution in [0.25, 0.3) is 22.9 Å². The number of carbonyl (C=O) groups is 2. The van der Waals surface area contributed by atoms with Gasteiger partial charge in [0.15, 0.2) is 0 Å². The molecule has 2 aromatic rings. The molecule has 3 rings (SSSR count). The Labute approximate surface area is 91.5 Å². The fourth-order valence-corrected chi connectivity index (χ4v) is 1.81. The van der Waals surface area contributed by atoms with Gasteiger partial charge in [-0.25, -0.2) is 0 Å². The van der Waals surface area contributed by atoms with Crippen LogP contribution in [-0.4, -0.2) is 11.6 Å². The number of ketones is 2. The zero-order valence-electron chi connectivity index (χ0n) is 8.28. The van der Waals surface area contributed by atoms with Crippen LogP contribution in [0, 0.1) is 0 Å². The van der Waals surface area contributed by atoms with Gasteiger partial charge in [-0.15, -0.1) is 0 Å². The summed E-state index contributed by atoms with van der Waals surface area (Å²) in [6, 6.07) is 11.5. The molecule has 0 unspecified atom stereocenters. The summed E-state index contributed by atoms with van der Waals surface area (Å²) in [5.41, 5.74) is 0. The average molecular weight is 206 g/mol. The second-order valence-electron chi connectivity index (χ2n) is 3.65. The van der Waals surface area contributed by atoms with Gasteiger partial charge in [-0.05, 0) is 33.3 Å². The molecule has 0 saturated heterocycles. The highest BCUT2D eigenvalue weighted by Crippen LogP contribution is 2.08. The Bertz CT molecular complexity index is 674. The monoisotopic (exact) mass is 206 g/mol. The number of Topliss-reactive ketones (excluding diaryl/α,β-unsaturated/α-hetero) is 2. The van der Waals surface area contributed by atoms with Crippen LogP contribution in [0.1, 0.15) is 0 Å². The zero-order valence-corrected chi connectivity index (χ0v) is 8.28. The molecule has 74 valence electrons. The first-order chi connectivity index (χ1) is 7.74. The van der Waals surface area contributed by atoms with Crippen molar-refractivity contribution in [2.45, 2.75) is 0 Å². The number of benzene rings is 2. The summed E-state index contributed by atoms with van der Waals surface area (Å²) in [7, 11) is 0. The Morgan fingerprint density at radius 1 is 0.750 bits per heavy atom. The fraction of sp³-hybridized carbons (Fsp3) is 0. The van der Waals surface area contributed by atoms with Gasteiger partial charge in [0, 0.05) is 12.2 Å². The van der Waals surface area contributed by atoms with Crippen molar-refractivity contribution in [3.05, 3.63) is 46.8 Å². The molecule has 1 aliphatic rings. The van der Waals surface area contributed by atoms with E-state index in [9.17, 15) is 9.59 Å². The molecule has 0 aliphatic heterocycles. The van der Waals surface area contributed by atoms with Crippen LogP contribution in [0.5, 0.6) is 0 Å². The van der Waals surface area contributed by atoms with E-state index in [1.807, 2.05) is 36.4 Å². The molecule has 0 spiro atoms. The normalized spacial score (nSPS) is 14.2. The highest BCUT2D eigenvalue weighted by Gasteiger charge is 2.13. The van der Waals surface area contributed by atoms with Gasteiger partial charge in [0.25, 0.3) is 0 Å². The molecule has 16 heavy (non-hydrogen) atoms. The van der Waals surface area contributed by atoms with Crippen molar-refractivity contribution in [1.82, 2.24) is 0 Å². The highest BCUT2D eigenvalue weighted by molar-refractivity contribution is 6.57. The Kier molecular flexibility index (Phi) is 1.77. The molecule has 1 aliphatic carbocycles. The number of hydrogen-bond acceptors (Lipinski definition) is 2. The summed E-state index contributed by atoms with van der Waals surface area (Å²) in [5.74, 6) is -1.24. The van der Waals surface area contributed by atoms with E-state index in [1.165, 1.54) is 0 Å². The van der Waals surface area contributed by atoms with Crippen molar-refractivity contribution < 1.29 is 9.59 Å². The first-order valence-electron chi connectivity index (χ1n) is 4.89. The average Bonchev–Trinajstić information content (AvgIpc) is 2.28. The second kappa shape index (κ2) is 3.14. The quantitative estimate of drug-likeness (QED) is 0.581. The minimum atomic E-state index is -0.622. The van der Waals surface area contributed by atoms with Crippen molar-refractivity contribution in [2.75, 3.05) is 0 Å². The second-order valence-corrected chi connectivity index (χ2v) is 3.65. The minimum Gasteiger partial charge on any atom is -0.285 e. The third kappa shape index (κ3) is 1.27. The van der Waals surface area contributed by atoms with Crippen LogP contribution in [0.15, 0.2) is 36.4 Å². The molecule has 0 atom stereocenters. The summed E-state index contributed by atoms with van der Waals surface area (Å²) in [4.78, 5) is 22.3. The van der Waals surface area contributed by atoms with E-state index in [-0.39, 0.29) is 0 Å². The molecule has 0 saturated carbocycles. The standard InChI is InChI=1S/C14H6O2/c15-13-7-11-5-9-3-1-2-4-10(9)6-12(11)8-14(13)16/h1-6H.